The van der Waals surface area contributed by atoms with Gasteiger partial charge in [0, 0.05) is 12.8 Å². The maximum atomic E-state index is 12.7. The zero-order chi connectivity index (χ0) is 35.0. The minimum absolute atomic E-state index is 0.0374. The quantitative estimate of drug-likeness (QED) is 0.0398. The molecule has 0 aromatic rings. The second kappa shape index (κ2) is 40.1. The Kier molecular flexibility index (Phi) is 39.0. The van der Waals surface area contributed by atoms with Gasteiger partial charge in [0.2, 0.25) is 0 Å². The zero-order valence-corrected chi connectivity index (χ0v) is 32.6. The van der Waals surface area contributed by atoms with Gasteiger partial charge in [0.1, 0.15) is 6.10 Å². The van der Waals surface area contributed by atoms with Crippen molar-refractivity contribution in [3.05, 3.63) is 12.2 Å². The fourth-order valence-electron chi connectivity index (χ4n) is 6.77. The molecule has 0 rings (SSSR count). The number of ether oxygens (including phenoxy) is 1. The summed E-state index contributed by atoms with van der Waals surface area (Å²) in [6.07, 6.45) is 49.7. The van der Waals surface area contributed by atoms with Crippen LogP contribution in [0.2, 0.25) is 0 Å². The van der Waals surface area contributed by atoms with Crippen LogP contribution in [-0.2, 0) is 14.3 Å². The molecule has 0 fully saturated rings. The summed E-state index contributed by atoms with van der Waals surface area (Å²) in [6, 6.07) is 0. The average molecular weight is 677 g/mol. The van der Waals surface area contributed by atoms with E-state index in [1.54, 1.807) is 0 Å². The summed E-state index contributed by atoms with van der Waals surface area (Å²) in [5.41, 5.74) is 0. The lowest BCUT2D eigenvalue weighted by Gasteiger charge is -2.18. The molecular weight excluding hydrogens is 592 g/mol. The smallest absolute Gasteiger partial charge is 0.306 e. The molecule has 0 heterocycles. The normalized spacial score (nSPS) is 12.2. The Bertz CT molecular complexity index is 687. The highest BCUT2D eigenvalue weighted by molar-refractivity contribution is 5.69. The molecule has 1 atom stereocenters. The molecule has 0 spiro atoms. The molecule has 0 aliphatic heterocycles. The Morgan fingerprint density at radius 1 is 0.438 bits per heavy atom. The number of aliphatic carboxylic acids is 1. The highest BCUT2D eigenvalue weighted by Crippen LogP contribution is 2.19. The summed E-state index contributed by atoms with van der Waals surface area (Å²) in [4.78, 5) is 23.3. The summed E-state index contributed by atoms with van der Waals surface area (Å²) < 4.78 is 6.04. The molecule has 0 aromatic carbocycles. The molecule has 0 radical (unpaired) electrons. The molecule has 0 saturated carbocycles. The largest absolute Gasteiger partial charge is 0.481 e. The topological polar surface area (TPSA) is 63.6 Å². The number of unbranched alkanes of at least 4 members (excludes halogenated alkanes) is 29. The van der Waals surface area contributed by atoms with Crippen molar-refractivity contribution in [3.8, 4) is 0 Å². The van der Waals surface area contributed by atoms with Gasteiger partial charge in [-0.15, -0.1) is 0 Å². The second-order valence-electron chi connectivity index (χ2n) is 14.9. The Morgan fingerprint density at radius 2 is 0.750 bits per heavy atom. The third-order valence-corrected chi connectivity index (χ3v) is 9.99. The molecule has 0 aromatic heterocycles. The lowest BCUT2D eigenvalue weighted by molar-refractivity contribution is -0.150. The number of rotatable bonds is 40. The molecule has 1 N–H and O–H groups in total. The molecule has 4 heteroatoms. The maximum Gasteiger partial charge on any atom is 0.306 e. The van der Waals surface area contributed by atoms with Gasteiger partial charge in [-0.3, -0.25) is 9.59 Å². The summed E-state index contributed by atoms with van der Waals surface area (Å²) in [5, 5.41) is 8.72. The highest BCUT2D eigenvalue weighted by Gasteiger charge is 2.14. The van der Waals surface area contributed by atoms with Crippen molar-refractivity contribution in [2.24, 2.45) is 0 Å². The zero-order valence-electron chi connectivity index (χ0n) is 32.6. The van der Waals surface area contributed by atoms with Crippen molar-refractivity contribution >= 4 is 11.9 Å². The number of carboxylic acids is 1. The van der Waals surface area contributed by atoms with E-state index in [9.17, 15) is 9.59 Å². The Labute approximate surface area is 300 Å². The van der Waals surface area contributed by atoms with Gasteiger partial charge in [-0.05, 0) is 64.2 Å². The molecule has 1 unspecified atom stereocenters. The number of carbonyl (C=O) groups excluding carboxylic acids is 1. The van der Waals surface area contributed by atoms with Crippen LogP contribution in [-0.4, -0.2) is 23.1 Å². The van der Waals surface area contributed by atoms with Crippen molar-refractivity contribution in [1.82, 2.24) is 0 Å². The Morgan fingerprint density at radius 3 is 1.12 bits per heavy atom. The van der Waals surface area contributed by atoms with Crippen molar-refractivity contribution < 1.29 is 19.4 Å². The van der Waals surface area contributed by atoms with Gasteiger partial charge < -0.3 is 9.84 Å². The van der Waals surface area contributed by atoms with E-state index in [4.69, 9.17) is 9.84 Å². The van der Waals surface area contributed by atoms with Crippen molar-refractivity contribution in [3.63, 3.8) is 0 Å². The van der Waals surface area contributed by atoms with Crippen molar-refractivity contribution in [2.75, 3.05) is 0 Å². The van der Waals surface area contributed by atoms with Gasteiger partial charge in [-0.25, -0.2) is 0 Å². The number of allylic oxidation sites excluding steroid dienone is 2. The lowest BCUT2D eigenvalue weighted by atomic mass is 10.0. The van der Waals surface area contributed by atoms with Gasteiger partial charge in [0.15, 0.2) is 0 Å². The summed E-state index contributed by atoms with van der Waals surface area (Å²) >= 11 is 0. The van der Waals surface area contributed by atoms with Crippen LogP contribution in [0.4, 0.5) is 0 Å². The van der Waals surface area contributed by atoms with E-state index in [0.717, 1.165) is 44.9 Å². The van der Waals surface area contributed by atoms with Crippen LogP contribution < -0.4 is 0 Å². The van der Waals surface area contributed by atoms with Crippen molar-refractivity contribution in [1.29, 1.82) is 0 Å². The van der Waals surface area contributed by atoms with E-state index in [-0.39, 0.29) is 12.1 Å². The minimum atomic E-state index is -0.673. The SMILES string of the molecule is CCCCCCCC/C=C\CCCCCCCCCCCC(=O)OC(CCCCCCCC)CCCCCCCCCCCCC(=O)O. The maximum absolute atomic E-state index is 12.7. The molecule has 0 bridgehead atoms. The second-order valence-corrected chi connectivity index (χ2v) is 14.9. The number of carbonyl (C=O) groups is 2. The number of hydrogen-bond acceptors (Lipinski definition) is 3. The van der Waals surface area contributed by atoms with Crippen molar-refractivity contribution in [2.45, 2.75) is 258 Å². The Balaban J connectivity index is 3.85. The average Bonchev–Trinajstić information content (AvgIpc) is 3.07. The molecule has 284 valence electrons. The first kappa shape index (κ1) is 46.7. The van der Waals surface area contributed by atoms with Crippen LogP contribution in [0.1, 0.15) is 251 Å². The molecule has 48 heavy (non-hydrogen) atoms. The first-order chi connectivity index (χ1) is 23.6. The lowest BCUT2D eigenvalue weighted by Crippen LogP contribution is -2.18. The van der Waals surface area contributed by atoms with Crippen LogP contribution in [0.15, 0.2) is 12.2 Å². The van der Waals surface area contributed by atoms with E-state index in [0.29, 0.717) is 12.8 Å². The van der Waals surface area contributed by atoms with Crippen LogP contribution in [0.25, 0.3) is 0 Å². The van der Waals surface area contributed by atoms with Gasteiger partial charge in [-0.1, -0.05) is 187 Å². The fourth-order valence-corrected chi connectivity index (χ4v) is 6.77. The predicted octanol–water partition coefficient (Wildman–Crippen LogP) is 15.0. The first-order valence-electron chi connectivity index (χ1n) is 21.7. The van der Waals surface area contributed by atoms with E-state index in [2.05, 4.69) is 26.0 Å². The summed E-state index contributed by atoms with van der Waals surface area (Å²) in [6.45, 7) is 4.55. The molecule has 0 aliphatic rings. The van der Waals surface area contributed by atoms with Gasteiger partial charge in [-0.2, -0.15) is 0 Å². The van der Waals surface area contributed by atoms with Crippen LogP contribution >= 0.6 is 0 Å². The monoisotopic (exact) mass is 677 g/mol. The molecule has 0 saturated heterocycles. The number of carboxylic acid groups (broad SMARTS) is 1. The fraction of sp³-hybridized carbons (Fsp3) is 0.909. The van der Waals surface area contributed by atoms with E-state index in [1.807, 2.05) is 0 Å². The predicted molar refractivity (Wildman–Crippen MR) is 209 cm³/mol. The van der Waals surface area contributed by atoms with Crippen LogP contribution in [0.3, 0.4) is 0 Å². The van der Waals surface area contributed by atoms with E-state index in [1.165, 1.54) is 180 Å². The molecule has 0 amide bonds. The standard InChI is InChI=1S/C44H84O4/c1-3-5-7-9-11-12-13-14-15-16-17-18-19-20-21-26-29-33-37-41-44(47)48-42(38-34-30-10-8-6-4-2)39-35-31-27-24-22-23-25-28-32-36-40-43(45)46/h14-15,42H,3-13,16-41H2,1-2H3,(H,45,46)/b15-14-. The molecule has 4 nitrogen and oxygen atoms in total. The Hall–Kier alpha value is -1.32. The van der Waals surface area contributed by atoms with Crippen LogP contribution in [0.5, 0.6) is 0 Å². The minimum Gasteiger partial charge on any atom is -0.481 e. The highest BCUT2D eigenvalue weighted by atomic mass is 16.5. The third kappa shape index (κ3) is 39.1. The molecule has 0 aliphatic carbocycles. The van der Waals surface area contributed by atoms with Gasteiger partial charge in [0.25, 0.3) is 0 Å². The van der Waals surface area contributed by atoms with E-state index < -0.39 is 5.97 Å². The van der Waals surface area contributed by atoms with Crippen LogP contribution in [0, 0.1) is 0 Å². The summed E-state index contributed by atoms with van der Waals surface area (Å²) in [7, 11) is 0. The molecular formula is C44H84O4. The van der Waals surface area contributed by atoms with E-state index >= 15 is 0 Å². The first-order valence-corrected chi connectivity index (χ1v) is 21.7. The number of esters is 1. The number of hydrogen-bond donors (Lipinski definition) is 1. The third-order valence-electron chi connectivity index (χ3n) is 9.99. The summed E-state index contributed by atoms with van der Waals surface area (Å²) in [5.74, 6) is -0.635. The van der Waals surface area contributed by atoms with Gasteiger partial charge >= 0.3 is 11.9 Å². The van der Waals surface area contributed by atoms with Gasteiger partial charge in [0.05, 0.1) is 0 Å².